The first-order chi connectivity index (χ1) is 13.4. The molecule has 0 atom stereocenters. The zero-order valence-electron chi connectivity index (χ0n) is 15.3. The fourth-order valence-electron chi connectivity index (χ4n) is 4.12. The smallest absolute Gasteiger partial charge is 0.231 e. The van der Waals surface area contributed by atoms with Gasteiger partial charge in [0.05, 0.1) is 6.61 Å². The molecule has 0 fully saturated rings. The van der Waals surface area contributed by atoms with Gasteiger partial charge in [0.15, 0.2) is 11.5 Å². The molecule has 2 N–H and O–H groups in total. The lowest BCUT2D eigenvalue weighted by molar-refractivity contribution is 0.173. The van der Waals surface area contributed by atoms with Crippen LogP contribution in [-0.4, -0.2) is 31.5 Å². The van der Waals surface area contributed by atoms with Gasteiger partial charge < -0.3 is 24.5 Å². The van der Waals surface area contributed by atoms with Crippen LogP contribution in [0.1, 0.15) is 23.2 Å². The van der Waals surface area contributed by atoms with E-state index in [9.17, 15) is 0 Å². The van der Waals surface area contributed by atoms with Crippen molar-refractivity contribution in [2.75, 3.05) is 26.5 Å². The molecule has 5 rings (SSSR count). The third-order valence-corrected chi connectivity index (χ3v) is 5.41. The van der Waals surface area contributed by atoms with Crippen molar-refractivity contribution in [3.05, 3.63) is 53.2 Å². The van der Waals surface area contributed by atoms with Crippen molar-refractivity contribution in [3.63, 3.8) is 0 Å². The summed E-state index contributed by atoms with van der Waals surface area (Å²) < 4.78 is 16.7. The standard InChI is InChI=1S/C22H24N2O3/c1-3-15(22-17-8-10-23-11-9-18(17)24-19(22)5-1)4-2-12-25-16-6-7-20-21(13-16)27-14-26-20/h1,3,5-7,13,23-24H,2,4,8-12,14H2. The zero-order chi connectivity index (χ0) is 18.1. The lowest BCUT2D eigenvalue weighted by atomic mass is 9.99. The maximum absolute atomic E-state index is 5.93. The predicted octanol–water partition coefficient (Wildman–Crippen LogP) is 3.60. The molecule has 2 aromatic carbocycles. The molecular weight excluding hydrogens is 340 g/mol. The predicted molar refractivity (Wildman–Crippen MR) is 105 cm³/mol. The first-order valence-corrected chi connectivity index (χ1v) is 9.73. The number of aromatic nitrogens is 1. The van der Waals surface area contributed by atoms with Crippen LogP contribution in [0.4, 0.5) is 0 Å². The van der Waals surface area contributed by atoms with Crippen molar-refractivity contribution in [2.24, 2.45) is 0 Å². The average Bonchev–Trinajstić information content (AvgIpc) is 3.23. The third kappa shape index (κ3) is 3.23. The first-order valence-electron chi connectivity index (χ1n) is 9.73. The second-order valence-corrected chi connectivity index (χ2v) is 7.14. The lowest BCUT2D eigenvalue weighted by Gasteiger charge is -2.09. The van der Waals surface area contributed by atoms with E-state index < -0.39 is 0 Å². The van der Waals surface area contributed by atoms with Crippen molar-refractivity contribution in [1.82, 2.24) is 10.3 Å². The monoisotopic (exact) mass is 364 g/mol. The molecule has 140 valence electrons. The molecule has 0 unspecified atom stereocenters. The Bertz CT molecular complexity index is 964. The molecule has 5 nitrogen and oxygen atoms in total. The maximum atomic E-state index is 5.93. The van der Waals surface area contributed by atoms with Gasteiger partial charge in [-0.2, -0.15) is 0 Å². The van der Waals surface area contributed by atoms with E-state index in [4.69, 9.17) is 14.2 Å². The first kappa shape index (κ1) is 16.5. The Morgan fingerprint density at radius 3 is 2.93 bits per heavy atom. The summed E-state index contributed by atoms with van der Waals surface area (Å²) in [6, 6.07) is 12.4. The van der Waals surface area contributed by atoms with E-state index in [1.807, 2.05) is 18.2 Å². The van der Waals surface area contributed by atoms with E-state index in [-0.39, 0.29) is 0 Å². The molecule has 0 radical (unpaired) electrons. The van der Waals surface area contributed by atoms with Gasteiger partial charge in [-0.1, -0.05) is 12.1 Å². The van der Waals surface area contributed by atoms with Crippen LogP contribution in [0.25, 0.3) is 10.9 Å². The van der Waals surface area contributed by atoms with Crippen LogP contribution in [0.15, 0.2) is 36.4 Å². The number of benzene rings is 2. The van der Waals surface area contributed by atoms with Gasteiger partial charge in [0.2, 0.25) is 6.79 Å². The molecule has 0 amide bonds. The molecule has 1 aromatic heterocycles. The van der Waals surface area contributed by atoms with Crippen LogP contribution in [-0.2, 0) is 19.3 Å². The Labute approximate surface area is 158 Å². The van der Waals surface area contributed by atoms with Crippen LogP contribution in [0.3, 0.4) is 0 Å². The minimum Gasteiger partial charge on any atom is -0.493 e. The van der Waals surface area contributed by atoms with Crippen molar-refractivity contribution >= 4 is 10.9 Å². The van der Waals surface area contributed by atoms with E-state index >= 15 is 0 Å². The lowest BCUT2D eigenvalue weighted by Crippen LogP contribution is -2.16. The average molecular weight is 364 g/mol. The highest BCUT2D eigenvalue weighted by molar-refractivity contribution is 5.88. The Balaban J connectivity index is 1.27. The SMILES string of the molecule is c1cc(CCCOc2ccc3c(c2)OCO3)c2c3c([nH]c2c1)CCNCC3. The normalized spacial score (nSPS) is 15.6. The molecular formula is C22H24N2O3. The van der Waals surface area contributed by atoms with E-state index in [1.54, 1.807) is 0 Å². The number of nitrogens with one attached hydrogen (secondary N) is 2. The molecule has 2 aliphatic heterocycles. The number of rotatable bonds is 5. The number of H-pyrrole nitrogens is 1. The molecule has 3 heterocycles. The van der Waals surface area contributed by atoms with Gasteiger partial charge in [-0.15, -0.1) is 0 Å². The largest absolute Gasteiger partial charge is 0.493 e. The summed E-state index contributed by atoms with van der Waals surface area (Å²) in [5.41, 5.74) is 5.60. The maximum Gasteiger partial charge on any atom is 0.231 e. The number of aryl methyl sites for hydroxylation is 1. The second-order valence-electron chi connectivity index (χ2n) is 7.14. The Morgan fingerprint density at radius 2 is 1.93 bits per heavy atom. The summed E-state index contributed by atoms with van der Waals surface area (Å²) in [5, 5.41) is 4.92. The number of hydrogen-bond donors (Lipinski definition) is 2. The zero-order valence-corrected chi connectivity index (χ0v) is 15.3. The summed E-state index contributed by atoms with van der Waals surface area (Å²) in [6.45, 7) is 3.09. The fraction of sp³-hybridized carbons (Fsp3) is 0.364. The highest BCUT2D eigenvalue weighted by Crippen LogP contribution is 2.35. The van der Waals surface area contributed by atoms with Gasteiger partial charge in [0, 0.05) is 35.6 Å². The van der Waals surface area contributed by atoms with Gasteiger partial charge in [-0.3, -0.25) is 0 Å². The topological polar surface area (TPSA) is 55.5 Å². The number of fused-ring (bicyclic) bond motifs is 4. The van der Waals surface area contributed by atoms with Gasteiger partial charge in [-0.05, 0) is 55.1 Å². The Hall–Kier alpha value is -2.66. The molecule has 0 saturated carbocycles. The van der Waals surface area contributed by atoms with E-state index in [2.05, 4.69) is 28.5 Å². The van der Waals surface area contributed by atoms with E-state index in [0.717, 1.165) is 56.0 Å². The van der Waals surface area contributed by atoms with Crippen LogP contribution < -0.4 is 19.5 Å². The molecule has 3 aromatic rings. The highest BCUT2D eigenvalue weighted by atomic mass is 16.7. The van der Waals surface area contributed by atoms with Crippen molar-refractivity contribution in [3.8, 4) is 17.2 Å². The molecule has 5 heteroatoms. The number of aromatic amines is 1. The Kier molecular flexibility index (Phi) is 4.38. The van der Waals surface area contributed by atoms with Crippen LogP contribution in [0, 0.1) is 0 Å². The number of ether oxygens (including phenoxy) is 3. The quantitative estimate of drug-likeness (QED) is 0.679. The fourth-order valence-corrected chi connectivity index (χ4v) is 4.12. The minimum absolute atomic E-state index is 0.291. The van der Waals surface area contributed by atoms with Crippen LogP contribution in [0.5, 0.6) is 17.2 Å². The summed E-state index contributed by atoms with van der Waals surface area (Å²) in [7, 11) is 0. The number of hydrogen-bond acceptors (Lipinski definition) is 4. The van der Waals surface area contributed by atoms with Crippen LogP contribution >= 0.6 is 0 Å². The molecule has 27 heavy (non-hydrogen) atoms. The van der Waals surface area contributed by atoms with E-state index in [1.165, 1.54) is 27.7 Å². The summed E-state index contributed by atoms with van der Waals surface area (Å²) in [4.78, 5) is 3.64. The molecule has 2 aliphatic rings. The van der Waals surface area contributed by atoms with E-state index in [0.29, 0.717) is 13.4 Å². The second kappa shape index (κ2) is 7.16. The third-order valence-electron chi connectivity index (χ3n) is 5.41. The highest BCUT2D eigenvalue weighted by Gasteiger charge is 2.16. The Morgan fingerprint density at radius 1 is 1.00 bits per heavy atom. The van der Waals surface area contributed by atoms with Crippen molar-refractivity contribution in [2.45, 2.75) is 25.7 Å². The van der Waals surface area contributed by atoms with Gasteiger partial charge >= 0.3 is 0 Å². The van der Waals surface area contributed by atoms with Crippen LogP contribution in [0.2, 0.25) is 0 Å². The van der Waals surface area contributed by atoms with Crippen molar-refractivity contribution in [1.29, 1.82) is 0 Å². The molecule has 0 spiro atoms. The summed E-state index contributed by atoms with van der Waals surface area (Å²) in [6.07, 6.45) is 4.17. The van der Waals surface area contributed by atoms with Gasteiger partial charge in [-0.25, -0.2) is 0 Å². The van der Waals surface area contributed by atoms with Gasteiger partial charge in [0.1, 0.15) is 5.75 Å². The summed E-state index contributed by atoms with van der Waals surface area (Å²) >= 11 is 0. The summed E-state index contributed by atoms with van der Waals surface area (Å²) in [5.74, 6) is 2.39. The molecule has 0 aliphatic carbocycles. The minimum atomic E-state index is 0.291. The molecule has 0 bridgehead atoms. The van der Waals surface area contributed by atoms with Gasteiger partial charge in [0.25, 0.3) is 0 Å². The molecule has 0 saturated heterocycles. The van der Waals surface area contributed by atoms with Crippen molar-refractivity contribution < 1.29 is 14.2 Å².